The molecule has 0 unspecified atom stereocenters. The zero-order valence-corrected chi connectivity index (χ0v) is 11.4. The summed E-state index contributed by atoms with van der Waals surface area (Å²) in [6.07, 6.45) is 3.19. The molecule has 0 radical (unpaired) electrons. The van der Waals surface area contributed by atoms with Crippen molar-refractivity contribution < 1.29 is 18.3 Å². The van der Waals surface area contributed by atoms with E-state index < -0.39 is 17.6 Å². The number of methoxy groups -OCH3 is 1. The molecule has 5 heteroatoms. The van der Waals surface area contributed by atoms with Gasteiger partial charge in [-0.25, -0.2) is 13.6 Å². The number of ether oxygens (including phenoxy) is 1. The van der Waals surface area contributed by atoms with Crippen LogP contribution in [0.1, 0.15) is 33.7 Å². The summed E-state index contributed by atoms with van der Waals surface area (Å²) in [5, 5.41) is 0. The molecule has 3 rings (SSSR count). The smallest absolute Gasteiger partial charge is 0.354 e. The quantitative estimate of drug-likeness (QED) is 0.859. The maximum atomic E-state index is 13.7. The van der Waals surface area contributed by atoms with Gasteiger partial charge in [0.25, 0.3) is 0 Å². The van der Waals surface area contributed by atoms with Gasteiger partial charge in [0.15, 0.2) is 0 Å². The zero-order valence-electron chi connectivity index (χ0n) is 11.4. The molecule has 2 aromatic rings. The van der Waals surface area contributed by atoms with Gasteiger partial charge in [-0.3, -0.25) is 0 Å². The molecule has 1 aliphatic carbocycles. The van der Waals surface area contributed by atoms with Gasteiger partial charge >= 0.3 is 5.97 Å². The standard InChI is InChI=1S/C16H13F2NO2/c1-21-16(20)15-8-12-9(3-5-14(12)19-15)6-10-2-4-11(17)7-13(10)18/h2,4,6-8,19H,3,5H2,1H3. The molecule has 0 fully saturated rings. The van der Waals surface area contributed by atoms with Crippen molar-refractivity contribution in [1.29, 1.82) is 0 Å². The first-order valence-corrected chi connectivity index (χ1v) is 6.54. The number of hydrogen-bond donors (Lipinski definition) is 1. The number of benzene rings is 1. The Labute approximate surface area is 120 Å². The molecule has 0 spiro atoms. The summed E-state index contributed by atoms with van der Waals surface area (Å²) >= 11 is 0. The Morgan fingerprint density at radius 2 is 2.10 bits per heavy atom. The van der Waals surface area contributed by atoms with Gasteiger partial charge in [-0.05, 0) is 48.3 Å². The van der Waals surface area contributed by atoms with E-state index >= 15 is 0 Å². The van der Waals surface area contributed by atoms with Crippen molar-refractivity contribution in [2.75, 3.05) is 7.11 Å². The minimum absolute atomic E-state index is 0.333. The predicted molar refractivity (Wildman–Crippen MR) is 74.7 cm³/mol. The van der Waals surface area contributed by atoms with Crippen molar-refractivity contribution in [3.05, 3.63) is 58.4 Å². The molecule has 1 aliphatic rings. The number of allylic oxidation sites excluding steroid dienone is 1. The van der Waals surface area contributed by atoms with Crippen LogP contribution >= 0.6 is 0 Å². The second-order valence-corrected chi connectivity index (χ2v) is 4.90. The Morgan fingerprint density at radius 3 is 2.81 bits per heavy atom. The molecule has 0 amide bonds. The summed E-state index contributed by atoms with van der Waals surface area (Å²) in [6.45, 7) is 0. The number of carbonyl (C=O) groups excluding carboxylic acids is 1. The molecule has 0 saturated heterocycles. The van der Waals surface area contributed by atoms with Crippen LogP contribution in [0.15, 0.2) is 24.3 Å². The van der Waals surface area contributed by atoms with E-state index in [9.17, 15) is 13.6 Å². The fourth-order valence-corrected chi connectivity index (χ4v) is 2.55. The van der Waals surface area contributed by atoms with Gasteiger partial charge in [0, 0.05) is 17.3 Å². The number of nitrogens with one attached hydrogen (secondary N) is 1. The summed E-state index contributed by atoms with van der Waals surface area (Å²) in [7, 11) is 1.32. The van der Waals surface area contributed by atoms with Crippen molar-refractivity contribution in [3.63, 3.8) is 0 Å². The Hall–Kier alpha value is -2.43. The van der Waals surface area contributed by atoms with Gasteiger partial charge < -0.3 is 9.72 Å². The fraction of sp³-hybridized carbons (Fsp3) is 0.188. The summed E-state index contributed by atoms with van der Waals surface area (Å²) in [5.74, 6) is -1.63. The highest BCUT2D eigenvalue weighted by Crippen LogP contribution is 2.34. The highest BCUT2D eigenvalue weighted by atomic mass is 19.1. The minimum atomic E-state index is -0.601. The molecule has 21 heavy (non-hydrogen) atoms. The van der Waals surface area contributed by atoms with E-state index in [1.54, 1.807) is 12.1 Å². The van der Waals surface area contributed by atoms with Crippen molar-refractivity contribution >= 4 is 17.6 Å². The van der Waals surface area contributed by atoms with E-state index in [4.69, 9.17) is 0 Å². The van der Waals surface area contributed by atoms with E-state index in [1.807, 2.05) is 0 Å². The van der Waals surface area contributed by atoms with E-state index in [-0.39, 0.29) is 0 Å². The van der Waals surface area contributed by atoms with Gasteiger partial charge in [0.2, 0.25) is 0 Å². The Bertz CT molecular complexity index is 747. The van der Waals surface area contributed by atoms with Crippen LogP contribution in [0.3, 0.4) is 0 Å². The first-order chi connectivity index (χ1) is 10.1. The van der Waals surface area contributed by atoms with Crippen LogP contribution in [-0.4, -0.2) is 18.1 Å². The van der Waals surface area contributed by atoms with Gasteiger partial charge in [0.05, 0.1) is 7.11 Å². The third-order valence-corrected chi connectivity index (χ3v) is 3.59. The molecular formula is C16H13F2NO2. The fourth-order valence-electron chi connectivity index (χ4n) is 2.55. The molecule has 0 atom stereocenters. The van der Waals surface area contributed by atoms with E-state index in [2.05, 4.69) is 9.72 Å². The monoisotopic (exact) mass is 289 g/mol. The lowest BCUT2D eigenvalue weighted by atomic mass is 10.1. The lowest BCUT2D eigenvalue weighted by Crippen LogP contribution is -2.01. The molecule has 1 heterocycles. The van der Waals surface area contributed by atoms with Crippen LogP contribution in [0.4, 0.5) is 8.78 Å². The number of aromatic nitrogens is 1. The first kappa shape index (κ1) is 13.5. The molecule has 0 aliphatic heterocycles. The van der Waals surface area contributed by atoms with Gasteiger partial charge in [-0.1, -0.05) is 0 Å². The van der Waals surface area contributed by atoms with Crippen molar-refractivity contribution in [2.24, 2.45) is 0 Å². The molecular weight excluding hydrogens is 276 g/mol. The van der Waals surface area contributed by atoms with Crippen LogP contribution in [0.5, 0.6) is 0 Å². The molecule has 1 aromatic heterocycles. The lowest BCUT2D eigenvalue weighted by Gasteiger charge is -2.01. The molecule has 108 valence electrons. The number of esters is 1. The normalized spacial score (nSPS) is 15.3. The topological polar surface area (TPSA) is 42.1 Å². The van der Waals surface area contributed by atoms with Crippen molar-refractivity contribution in [3.8, 4) is 0 Å². The van der Waals surface area contributed by atoms with Crippen LogP contribution in [0.25, 0.3) is 11.6 Å². The second-order valence-electron chi connectivity index (χ2n) is 4.90. The predicted octanol–water partition coefficient (Wildman–Crippen LogP) is 3.57. The molecule has 1 aromatic carbocycles. The van der Waals surface area contributed by atoms with E-state index in [0.29, 0.717) is 11.3 Å². The maximum absolute atomic E-state index is 13.7. The highest BCUT2D eigenvalue weighted by Gasteiger charge is 2.22. The second kappa shape index (κ2) is 5.16. The SMILES string of the molecule is COC(=O)c1cc2c([nH]1)CCC2=Cc1ccc(F)cc1F. The van der Waals surface area contributed by atoms with E-state index in [1.165, 1.54) is 19.2 Å². The first-order valence-electron chi connectivity index (χ1n) is 6.54. The Kier molecular flexibility index (Phi) is 3.33. The third-order valence-electron chi connectivity index (χ3n) is 3.59. The highest BCUT2D eigenvalue weighted by molar-refractivity contribution is 5.92. The Balaban J connectivity index is 1.98. The van der Waals surface area contributed by atoms with Crippen LogP contribution in [0.2, 0.25) is 0 Å². The molecule has 1 N–H and O–H groups in total. The third kappa shape index (κ3) is 2.46. The number of rotatable bonds is 2. The summed E-state index contributed by atoms with van der Waals surface area (Å²) in [6, 6.07) is 5.20. The Morgan fingerprint density at radius 1 is 1.29 bits per heavy atom. The summed E-state index contributed by atoms with van der Waals surface area (Å²) in [5.41, 5.74) is 3.46. The largest absolute Gasteiger partial charge is 0.464 e. The average Bonchev–Trinajstić information content (AvgIpc) is 3.02. The number of halogens is 2. The van der Waals surface area contributed by atoms with Crippen molar-refractivity contribution in [2.45, 2.75) is 12.8 Å². The number of hydrogen-bond acceptors (Lipinski definition) is 2. The molecule has 0 saturated carbocycles. The van der Waals surface area contributed by atoms with Crippen LogP contribution in [0, 0.1) is 11.6 Å². The van der Waals surface area contributed by atoms with Gasteiger partial charge in [0.1, 0.15) is 17.3 Å². The minimum Gasteiger partial charge on any atom is -0.464 e. The molecule has 3 nitrogen and oxygen atoms in total. The number of aryl methyl sites for hydroxylation is 1. The maximum Gasteiger partial charge on any atom is 0.354 e. The molecule has 0 bridgehead atoms. The number of aromatic amines is 1. The summed E-state index contributed by atoms with van der Waals surface area (Å²) in [4.78, 5) is 14.5. The number of carbonyl (C=O) groups is 1. The zero-order chi connectivity index (χ0) is 15.0. The van der Waals surface area contributed by atoms with Crippen LogP contribution in [-0.2, 0) is 11.2 Å². The number of H-pyrrole nitrogens is 1. The summed E-state index contributed by atoms with van der Waals surface area (Å²) < 4.78 is 31.3. The van der Waals surface area contributed by atoms with Crippen molar-refractivity contribution in [1.82, 2.24) is 4.98 Å². The lowest BCUT2D eigenvalue weighted by molar-refractivity contribution is 0.0594. The van der Waals surface area contributed by atoms with Crippen LogP contribution < -0.4 is 0 Å². The van der Waals surface area contributed by atoms with Gasteiger partial charge in [-0.15, -0.1) is 0 Å². The van der Waals surface area contributed by atoms with Gasteiger partial charge in [-0.2, -0.15) is 0 Å². The number of fused-ring (bicyclic) bond motifs is 1. The average molecular weight is 289 g/mol. The van der Waals surface area contributed by atoms with E-state index in [0.717, 1.165) is 35.7 Å².